The fraction of sp³-hybridized carbons (Fsp3) is 0. The summed E-state index contributed by atoms with van der Waals surface area (Å²) in [5, 5.41) is 0. The zero-order chi connectivity index (χ0) is 0. The van der Waals surface area contributed by atoms with Crippen molar-refractivity contribution in [1.29, 1.82) is 0 Å². The first kappa shape index (κ1) is 432. The van der Waals surface area contributed by atoms with Crippen LogP contribution in [0.1, 0.15) is 0 Å². The number of hydrogen-bond acceptors (Lipinski definition) is 0. The van der Waals surface area contributed by atoms with Crippen molar-refractivity contribution in [3.05, 3.63) is 0 Å². The molecule has 0 amide bonds. The summed E-state index contributed by atoms with van der Waals surface area (Å²) >= 11 is 0. The molecule has 0 radical (unpaired) electrons. The molecule has 0 fully saturated rings. The van der Waals surface area contributed by atoms with Gasteiger partial charge in [0.25, 0.3) is 0 Å². The predicted molar refractivity (Wildman–Crippen MR) is 123 cm³/mol. The summed E-state index contributed by atoms with van der Waals surface area (Å²) in [7, 11) is 0. The van der Waals surface area contributed by atoms with Gasteiger partial charge in [0.05, 0.1) is 0 Å². The molecule has 0 spiro atoms. The summed E-state index contributed by atoms with van der Waals surface area (Å²) in [4.78, 5) is 0. The third-order valence-electron chi connectivity index (χ3n) is 0. The van der Waals surface area contributed by atoms with Gasteiger partial charge in [-0.05, 0) is 0 Å². The van der Waals surface area contributed by atoms with Crippen molar-refractivity contribution in [1.82, 2.24) is 0 Å². The van der Waals surface area contributed by atoms with E-state index in [-0.39, 0.29) is 425 Å². The third kappa shape index (κ3) is 376. The van der Waals surface area contributed by atoms with Gasteiger partial charge in [0.15, 0.2) is 0 Å². The fourth-order valence-electron chi connectivity index (χ4n) is 0. The van der Waals surface area contributed by atoms with Crippen LogP contribution in [0.4, 0.5) is 70.6 Å². The molecule has 0 aromatic rings. The summed E-state index contributed by atoms with van der Waals surface area (Å²) in [6.45, 7) is 0. The Balaban J connectivity index is 0. The normalized spacial score (nSPS) is 0. The molecule has 0 aliphatic heterocycles. The van der Waals surface area contributed by atoms with Gasteiger partial charge in [-0.2, -0.15) is 0 Å². The average molecular weight is 588 g/mol. The van der Waals surface area contributed by atoms with E-state index in [2.05, 4.69) is 0 Å². The van der Waals surface area contributed by atoms with Crippen LogP contribution in [0, 0.1) is 0 Å². The molecule has 0 N–H and O–H groups in total. The Morgan fingerprint density at radius 1 is 0.0741 bits per heavy atom. The van der Waals surface area contributed by atoms with Gasteiger partial charge in [-0.1, -0.05) is 0 Å². The zero-order valence-corrected chi connectivity index (χ0v) is 6.12. The summed E-state index contributed by atoms with van der Waals surface area (Å²) in [6.07, 6.45) is 0. The average Bonchev–Trinajstić information content (AvgIpc) is 0. The van der Waals surface area contributed by atoms with Crippen LogP contribution < -0.4 is 0 Å². The van der Waals surface area contributed by atoms with E-state index in [0.717, 1.165) is 0 Å². The van der Waals surface area contributed by atoms with Crippen LogP contribution >= 0.6 is 0 Å². The molecular weight excluding hydrogens is 561 g/mol. The van der Waals surface area contributed by atoms with Crippen molar-refractivity contribution >= 4 is 355 Å². The van der Waals surface area contributed by atoms with E-state index in [1.165, 1.54) is 0 Å². The molecule has 0 aromatic heterocycles. The van der Waals surface area contributed by atoms with E-state index < -0.39 is 0 Å². The minimum absolute atomic E-state index is 0. The van der Waals surface area contributed by atoms with Gasteiger partial charge in [-0.3, -0.25) is 70.6 Å². The van der Waals surface area contributed by atoms with Gasteiger partial charge in [0.1, 0.15) is 0 Å². The maximum atomic E-state index is 0. The Morgan fingerprint density at radius 2 is 0.0741 bits per heavy atom. The Bertz CT molecular complexity index is 26.8. The number of hydrogen-bond donors (Lipinski definition) is 0. The maximum absolute atomic E-state index is 0. The van der Waals surface area contributed by atoms with E-state index >= 15 is 0 Å². The Labute approximate surface area is 413 Å². The van der Waals surface area contributed by atoms with Crippen LogP contribution in [0.25, 0.3) is 0 Å². The van der Waals surface area contributed by atoms with Gasteiger partial charge in [0.2, 0.25) is 0 Å². The van der Waals surface area contributed by atoms with Crippen molar-refractivity contribution in [2.45, 2.75) is 0 Å². The van der Waals surface area contributed by atoms with Crippen LogP contribution in [0.2, 0.25) is 0 Å². The number of rotatable bonds is 0. The van der Waals surface area contributed by atoms with Crippen molar-refractivity contribution in [3.63, 3.8) is 0 Å². The Kier molecular flexibility index (Phi) is 6370. The molecule has 0 saturated carbocycles. The first-order valence-electron chi connectivity index (χ1n) is 0. The van der Waals surface area contributed by atoms with Gasteiger partial charge in [-0.25, -0.2) is 0 Å². The Morgan fingerprint density at radius 3 is 0.0741 bits per heavy atom. The summed E-state index contributed by atoms with van der Waals surface area (Å²) in [6, 6.07) is 0. The minimum atomic E-state index is 0. The molecule has 0 bridgehead atoms. The molecule has 0 saturated heterocycles. The monoisotopic (exact) mass is 588 g/mol. The molecule has 0 aliphatic rings. The van der Waals surface area contributed by atoms with Crippen LogP contribution in [-0.2, 0) is 0 Å². The topological polar surface area (TPSA) is 0 Å². The molecule has 27 heteroatoms. The summed E-state index contributed by atoms with van der Waals surface area (Å²) in [5.74, 6) is 0. The molecule has 0 heterocycles. The third-order valence-corrected chi connectivity index (χ3v) is 0. The van der Waals surface area contributed by atoms with E-state index in [4.69, 9.17) is 0 Å². The first-order chi connectivity index (χ1) is 0. The predicted octanol–water partition coefficient (Wildman–Crippen LogP) is -5.49. The molecule has 27 heavy (non-hydrogen) atoms. The second kappa shape index (κ2) is 398. The zero-order valence-electron chi connectivity index (χ0n) is 6.12. The summed E-state index contributed by atoms with van der Waals surface area (Å²) in [5.41, 5.74) is 0. The van der Waals surface area contributed by atoms with Crippen molar-refractivity contribution in [2.75, 3.05) is 0 Å². The first-order valence-corrected chi connectivity index (χ1v) is 0. The fourth-order valence-corrected chi connectivity index (χ4v) is 0. The molecule has 0 unspecified atom stereocenters. The molecule has 0 nitrogen and oxygen atoms in total. The van der Waals surface area contributed by atoms with Crippen LogP contribution in [0.5, 0.6) is 0 Å². The van der Waals surface area contributed by atoms with Gasteiger partial charge in [0, 0.05) is 0 Å². The standard InChI is InChI=1S/15FH.12Na.12H/h15*1H;;;;;;;;;;;;;;;;;;;;;;;;. The molecular formula is H27F15Na12. The van der Waals surface area contributed by atoms with Gasteiger partial charge in [-0.15, -0.1) is 0 Å². The number of halogens is 15. The molecule has 0 aromatic carbocycles. The van der Waals surface area contributed by atoms with Crippen molar-refractivity contribution in [3.8, 4) is 0 Å². The van der Waals surface area contributed by atoms with E-state index in [0.29, 0.717) is 0 Å². The van der Waals surface area contributed by atoms with Crippen molar-refractivity contribution < 1.29 is 70.6 Å². The second-order valence-electron chi connectivity index (χ2n) is 0. The molecule has 0 rings (SSSR count). The second-order valence-corrected chi connectivity index (χ2v) is 0. The van der Waals surface area contributed by atoms with Gasteiger partial charge < -0.3 is 0 Å². The van der Waals surface area contributed by atoms with Crippen molar-refractivity contribution in [2.24, 2.45) is 0 Å². The van der Waals surface area contributed by atoms with Crippen LogP contribution in [-0.4, -0.2) is 355 Å². The Hall–Kier alpha value is 10.9. The van der Waals surface area contributed by atoms with Crippen LogP contribution in [0.3, 0.4) is 0 Å². The SMILES string of the molecule is F.F.F.F.F.F.F.F.F.F.F.F.F.F.F.[NaH].[NaH].[NaH].[NaH].[NaH].[NaH].[NaH].[NaH].[NaH].[NaH].[NaH].[NaH]. The molecule has 0 atom stereocenters. The summed E-state index contributed by atoms with van der Waals surface area (Å²) < 4.78 is 0. The molecule has 144 valence electrons. The van der Waals surface area contributed by atoms with Crippen LogP contribution in [0.15, 0.2) is 0 Å². The van der Waals surface area contributed by atoms with E-state index in [9.17, 15) is 0 Å². The quantitative estimate of drug-likeness (QED) is 0.196. The van der Waals surface area contributed by atoms with E-state index in [1.54, 1.807) is 0 Å². The van der Waals surface area contributed by atoms with E-state index in [1.807, 2.05) is 0 Å². The molecule has 0 aliphatic carbocycles. The van der Waals surface area contributed by atoms with Gasteiger partial charge >= 0.3 is 355 Å².